The van der Waals surface area contributed by atoms with Crippen molar-refractivity contribution in [2.45, 2.75) is 12.0 Å². The highest BCUT2D eigenvalue weighted by atomic mass is 15.2. The van der Waals surface area contributed by atoms with Crippen molar-refractivity contribution in [1.29, 1.82) is 0 Å². The van der Waals surface area contributed by atoms with Gasteiger partial charge < -0.3 is 9.47 Å². The number of hydrogen-bond acceptors (Lipinski definition) is 2. The first-order valence-corrected chi connectivity index (χ1v) is 16.4. The van der Waals surface area contributed by atoms with E-state index >= 15 is 0 Å². The van der Waals surface area contributed by atoms with Crippen molar-refractivity contribution in [2.75, 3.05) is 4.90 Å². The van der Waals surface area contributed by atoms with Gasteiger partial charge in [-0.25, -0.2) is 0 Å². The van der Waals surface area contributed by atoms with Crippen LogP contribution >= 0.6 is 0 Å². The van der Waals surface area contributed by atoms with Gasteiger partial charge in [0.05, 0.1) is 22.8 Å². The lowest BCUT2D eigenvalue weighted by molar-refractivity contribution is 0.747. The predicted octanol–water partition coefficient (Wildman–Crippen LogP) is 11.4. The Bertz CT molecular complexity index is 2430. The fourth-order valence-electron chi connectivity index (χ4n) is 7.62. The van der Waals surface area contributed by atoms with E-state index in [1.54, 1.807) is 0 Å². The van der Waals surface area contributed by atoms with E-state index < -0.39 is 0 Å². The fourth-order valence-corrected chi connectivity index (χ4v) is 7.62. The van der Waals surface area contributed by atoms with Crippen LogP contribution in [0.4, 0.5) is 11.4 Å². The number of nitrogens with zero attached hydrogens (tertiary/aromatic N) is 3. The lowest BCUT2D eigenvalue weighted by Crippen LogP contribution is -2.28. The summed E-state index contributed by atoms with van der Waals surface area (Å²) in [6.07, 6.45) is 7.09. The van der Waals surface area contributed by atoms with E-state index in [-0.39, 0.29) is 12.0 Å². The van der Waals surface area contributed by atoms with Crippen LogP contribution in [0.25, 0.3) is 49.9 Å². The van der Waals surface area contributed by atoms with E-state index in [1.807, 2.05) is 0 Å². The molecule has 1 aliphatic heterocycles. The van der Waals surface area contributed by atoms with Crippen LogP contribution in [0.15, 0.2) is 175 Å². The lowest BCUT2D eigenvalue weighted by atomic mass is 9.85. The lowest BCUT2D eigenvalue weighted by Gasteiger charge is -2.29. The number of rotatable bonds is 6. The highest BCUT2D eigenvalue weighted by Crippen LogP contribution is 2.50. The summed E-state index contributed by atoms with van der Waals surface area (Å²) < 4.78 is 2.37. The van der Waals surface area contributed by atoms with Gasteiger partial charge >= 0.3 is 0 Å². The first kappa shape index (κ1) is 28.1. The van der Waals surface area contributed by atoms with Crippen LogP contribution < -0.4 is 4.90 Å². The van der Waals surface area contributed by atoms with E-state index in [0.29, 0.717) is 5.70 Å². The molecule has 2 atom stereocenters. The first-order chi connectivity index (χ1) is 23.7. The molecule has 0 fully saturated rings. The van der Waals surface area contributed by atoms with Gasteiger partial charge in [0, 0.05) is 33.8 Å². The second-order valence-corrected chi connectivity index (χ2v) is 12.6. The minimum absolute atomic E-state index is 0.191. The molecule has 0 amide bonds. The molecular weight excluding hydrogens is 583 g/mol. The molecule has 2 heterocycles. The van der Waals surface area contributed by atoms with Crippen molar-refractivity contribution < 1.29 is 0 Å². The summed E-state index contributed by atoms with van der Waals surface area (Å²) in [4.78, 5) is 6.50. The van der Waals surface area contributed by atoms with Crippen LogP contribution in [0.5, 0.6) is 0 Å². The number of aliphatic imine (C=N–C) groups is 1. The number of allylic oxidation sites excluding steroid dienone is 2. The van der Waals surface area contributed by atoms with Gasteiger partial charge in [-0.05, 0) is 94.7 Å². The van der Waals surface area contributed by atoms with Crippen molar-refractivity contribution in [3.8, 4) is 16.8 Å². The van der Waals surface area contributed by atoms with Crippen LogP contribution in [0.3, 0.4) is 0 Å². The van der Waals surface area contributed by atoms with Gasteiger partial charge in [0.15, 0.2) is 0 Å². The zero-order valence-corrected chi connectivity index (χ0v) is 26.5. The van der Waals surface area contributed by atoms with E-state index in [1.165, 1.54) is 66.7 Å². The van der Waals surface area contributed by atoms with Crippen LogP contribution in [0.1, 0.15) is 22.6 Å². The first-order valence-electron chi connectivity index (χ1n) is 16.4. The van der Waals surface area contributed by atoms with Crippen LogP contribution in [-0.2, 0) is 0 Å². The normalized spacial score (nSPS) is 16.5. The minimum atomic E-state index is 0.191. The summed E-state index contributed by atoms with van der Waals surface area (Å²) in [6.45, 7) is 7.64. The van der Waals surface area contributed by atoms with Gasteiger partial charge in [0.25, 0.3) is 0 Å². The molecule has 7 aromatic rings. The highest BCUT2D eigenvalue weighted by Gasteiger charge is 2.38. The largest absolute Gasteiger partial charge is 0.333 e. The molecule has 228 valence electrons. The van der Waals surface area contributed by atoms with Crippen molar-refractivity contribution in [3.05, 3.63) is 187 Å². The molecule has 0 saturated heterocycles. The molecule has 48 heavy (non-hydrogen) atoms. The third-order valence-corrected chi connectivity index (χ3v) is 9.94. The summed E-state index contributed by atoms with van der Waals surface area (Å²) in [5.74, 6) is 0.202. The van der Waals surface area contributed by atoms with Crippen molar-refractivity contribution >= 4 is 51.2 Å². The van der Waals surface area contributed by atoms with Gasteiger partial charge in [-0.1, -0.05) is 116 Å². The third kappa shape index (κ3) is 4.47. The minimum Gasteiger partial charge on any atom is -0.333 e. The number of benzene rings is 6. The molecule has 2 aliphatic rings. The van der Waals surface area contributed by atoms with Gasteiger partial charge in [0.2, 0.25) is 0 Å². The zero-order chi connectivity index (χ0) is 32.2. The number of para-hydroxylation sites is 3. The second-order valence-electron chi connectivity index (χ2n) is 12.6. The van der Waals surface area contributed by atoms with E-state index in [9.17, 15) is 0 Å². The van der Waals surface area contributed by atoms with Crippen molar-refractivity contribution in [1.82, 2.24) is 4.57 Å². The summed E-state index contributed by atoms with van der Waals surface area (Å²) in [6, 6.07) is 52.7. The topological polar surface area (TPSA) is 20.5 Å². The monoisotopic (exact) mass is 615 g/mol. The van der Waals surface area contributed by atoms with Gasteiger partial charge in [-0.15, -0.1) is 0 Å². The maximum Gasteiger partial charge on any atom is 0.0630 e. The van der Waals surface area contributed by atoms with E-state index in [4.69, 9.17) is 0 Å². The van der Waals surface area contributed by atoms with Gasteiger partial charge in [-0.3, -0.25) is 4.99 Å². The van der Waals surface area contributed by atoms with Crippen molar-refractivity contribution in [3.63, 3.8) is 0 Å². The fraction of sp³-hybridized carbons (Fsp3) is 0.0444. The van der Waals surface area contributed by atoms with E-state index in [0.717, 1.165) is 5.56 Å². The Morgan fingerprint density at radius 1 is 0.604 bits per heavy atom. The van der Waals surface area contributed by atoms with Gasteiger partial charge in [-0.2, -0.15) is 0 Å². The van der Waals surface area contributed by atoms with Gasteiger partial charge in [0.1, 0.15) is 0 Å². The number of aromatic nitrogens is 1. The summed E-state index contributed by atoms with van der Waals surface area (Å²) in [5, 5.41) is 2.52. The summed E-state index contributed by atoms with van der Waals surface area (Å²) in [7, 11) is 0. The number of anilines is 2. The Balaban J connectivity index is 1.17. The maximum atomic E-state index is 4.01. The summed E-state index contributed by atoms with van der Waals surface area (Å²) >= 11 is 0. The Morgan fingerprint density at radius 2 is 1.25 bits per heavy atom. The van der Waals surface area contributed by atoms with Crippen LogP contribution in [0.2, 0.25) is 0 Å². The third-order valence-electron chi connectivity index (χ3n) is 9.94. The molecule has 0 spiro atoms. The smallest absolute Gasteiger partial charge is 0.0630 e. The van der Waals surface area contributed by atoms with Crippen molar-refractivity contribution in [2.24, 2.45) is 4.99 Å². The molecule has 0 bridgehead atoms. The maximum absolute atomic E-state index is 4.01. The Hall–Kier alpha value is -6.19. The molecule has 3 nitrogen and oxygen atoms in total. The average molecular weight is 616 g/mol. The SMILES string of the molecule is C=NC(=C)c1ccc(C2=CC3c4cc(-c5ccc6c(c5)c5ccccc5n6-c5ccccc5)ccc4N(c4ccccc4)C3C=C2)cc1. The number of fused-ring (bicyclic) bond motifs is 6. The van der Waals surface area contributed by atoms with Crippen LogP contribution in [0, 0.1) is 0 Å². The molecule has 0 N–H and O–H groups in total. The Kier molecular flexibility index (Phi) is 6.58. The van der Waals surface area contributed by atoms with E-state index in [2.05, 4.69) is 192 Å². The molecule has 1 aromatic heterocycles. The highest BCUT2D eigenvalue weighted by molar-refractivity contribution is 6.10. The molecule has 0 radical (unpaired) electrons. The molecular formula is C45H33N3. The second kappa shape index (κ2) is 11.3. The zero-order valence-electron chi connectivity index (χ0n) is 26.5. The Labute approximate surface area is 280 Å². The molecule has 6 aromatic carbocycles. The standard InChI is InChI=1S/C45H33N3/c1-30(46-2)31-17-19-32(20-18-31)33-21-24-44-40(27-33)41-29-35(23-26-45(41)48(44)37-13-7-4-8-14-37)34-22-25-43-39(28-34)38-15-9-10-16-42(38)47(43)36-11-5-3-6-12-36/h3-29,40,44H,1-2H2. The molecule has 0 saturated carbocycles. The molecule has 3 heteroatoms. The molecule has 9 rings (SSSR count). The summed E-state index contributed by atoms with van der Waals surface area (Å²) in [5.41, 5.74) is 13.9. The number of hydrogen-bond donors (Lipinski definition) is 0. The molecule has 2 unspecified atom stereocenters. The average Bonchev–Trinajstić information content (AvgIpc) is 3.67. The van der Waals surface area contributed by atoms with Crippen LogP contribution in [-0.4, -0.2) is 17.3 Å². The Morgan fingerprint density at radius 3 is 2.02 bits per heavy atom. The predicted molar refractivity (Wildman–Crippen MR) is 203 cm³/mol. The quantitative estimate of drug-likeness (QED) is 0.170. The molecule has 1 aliphatic carbocycles.